The number of rotatable bonds is 3. The van der Waals surface area contributed by atoms with Gasteiger partial charge < -0.3 is 24.3 Å². The highest BCUT2D eigenvalue weighted by Gasteiger charge is 2.41. The fourth-order valence-corrected chi connectivity index (χ4v) is 6.37. The highest BCUT2D eigenvalue weighted by Crippen LogP contribution is 2.46. The minimum Gasteiger partial charge on any atom is -0.489 e. The summed E-state index contributed by atoms with van der Waals surface area (Å²) in [6, 6.07) is 10.3. The van der Waals surface area contributed by atoms with Gasteiger partial charge in [-0.1, -0.05) is 48.5 Å². The van der Waals surface area contributed by atoms with E-state index in [4.69, 9.17) is 21.3 Å². The van der Waals surface area contributed by atoms with Crippen LogP contribution >= 0.6 is 11.6 Å². The Morgan fingerprint density at radius 2 is 1.88 bits per heavy atom. The second-order valence-electron chi connectivity index (χ2n) is 10.7. The molecule has 10 heteroatoms. The third-order valence-electron chi connectivity index (χ3n) is 8.16. The van der Waals surface area contributed by atoms with Crippen LogP contribution in [0.1, 0.15) is 17.3 Å². The van der Waals surface area contributed by atoms with Crippen molar-refractivity contribution in [2.45, 2.75) is 19.0 Å². The van der Waals surface area contributed by atoms with Crippen LogP contribution in [0.2, 0.25) is 5.02 Å². The number of nitrogens with zero attached hydrogens (tertiary/aromatic N) is 5. The van der Waals surface area contributed by atoms with Crippen LogP contribution in [0.5, 0.6) is 5.75 Å². The van der Waals surface area contributed by atoms with Crippen molar-refractivity contribution in [3.63, 3.8) is 0 Å². The number of halogens is 2. The standard InChI is InChI=1S/C30H31ClFN5O3/c1-4-23(38)35-12-14-37-20(16-35)17-40-28-25(30(37)39)29(36-13-11-34(3)15-18(36)2)33-27(26(28)31)24-21-8-6-5-7-19(21)9-10-22(24)32/h4-10,18,20H,1,11-17H2,2-3H3/t18-,20+/m0/s1. The molecule has 2 atom stereocenters. The van der Waals surface area contributed by atoms with Crippen LogP contribution < -0.4 is 9.64 Å². The number of aromatic nitrogens is 1. The van der Waals surface area contributed by atoms with Crippen LogP contribution in [0.25, 0.3) is 22.0 Å². The second kappa shape index (κ2) is 10.4. The first kappa shape index (κ1) is 26.5. The molecule has 3 aliphatic heterocycles. The molecule has 3 aliphatic rings. The van der Waals surface area contributed by atoms with E-state index in [0.29, 0.717) is 37.4 Å². The predicted molar refractivity (Wildman–Crippen MR) is 154 cm³/mol. The van der Waals surface area contributed by atoms with Gasteiger partial charge in [0.25, 0.3) is 5.91 Å². The number of fused-ring (bicyclic) bond motifs is 3. The molecule has 0 saturated carbocycles. The molecule has 0 aliphatic carbocycles. The highest BCUT2D eigenvalue weighted by molar-refractivity contribution is 6.36. The van der Waals surface area contributed by atoms with Crippen LogP contribution in [0.15, 0.2) is 49.1 Å². The van der Waals surface area contributed by atoms with Crippen molar-refractivity contribution in [1.82, 2.24) is 19.7 Å². The van der Waals surface area contributed by atoms with Crippen molar-refractivity contribution in [2.75, 3.05) is 57.8 Å². The van der Waals surface area contributed by atoms with Gasteiger partial charge in [-0.05, 0) is 36.9 Å². The van der Waals surface area contributed by atoms with Gasteiger partial charge in [0, 0.05) is 50.9 Å². The molecule has 0 N–H and O–H groups in total. The van der Waals surface area contributed by atoms with E-state index in [-0.39, 0.29) is 58.1 Å². The molecule has 2 aromatic carbocycles. The van der Waals surface area contributed by atoms with E-state index in [1.807, 2.05) is 24.3 Å². The topological polar surface area (TPSA) is 69.2 Å². The number of likely N-dealkylation sites (N-methyl/N-ethyl adjacent to an activating group) is 1. The summed E-state index contributed by atoms with van der Waals surface area (Å²) in [4.78, 5) is 39.3. The minimum absolute atomic E-state index is 0.0376. The fraction of sp³-hybridized carbons (Fsp3) is 0.367. The molecule has 208 valence electrons. The molecule has 2 fully saturated rings. The summed E-state index contributed by atoms with van der Waals surface area (Å²) < 4.78 is 21.9. The maximum absolute atomic E-state index is 15.6. The van der Waals surface area contributed by atoms with Crippen LogP contribution in [0.3, 0.4) is 0 Å². The first-order valence-electron chi connectivity index (χ1n) is 13.5. The van der Waals surface area contributed by atoms with Gasteiger partial charge in [0.05, 0.1) is 11.7 Å². The molecule has 6 rings (SSSR count). The largest absolute Gasteiger partial charge is 0.489 e. The van der Waals surface area contributed by atoms with E-state index >= 15 is 4.39 Å². The smallest absolute Gasteiger partial charge is 0.261 e. The lowest BCUT2D eigenvalue weighted by atomic mass is 9.99. The number of benzene rings is 2. The number of carbonyl (C=O) groups is 2. The molecular formula is C30H31ClFN5O3. The molecule has 0 unspecified atom stereocenters. The number of carbonyl (C=O) groups excluding carboxylic acids is 2. The number of hydrogen-bond donors (Lipinski definition) is 0. The van der Waals surface area contributed by atoms with Crippen LogP contribution in [0, 0.1) is 5.82 Å². The number of anilines is 1. The first-order chi connectivity index (χ1) is 19.3. The van der Waals surface area contributed by atoms with Gasteiger partial charge in [-0.25, -0.2) is 9.37 Å². The molecule has 4 heterocycles. The molecule has 2 saturated heterocycles. The lowest BCUT2D eigenvalue weighted by Gasteiger charge is -2.41. The number of amides is 2. The van der Waals surface area contributed by atoms with Crippen LogP contribution in [0.4, 0.5) is 10.2 Å². The molecule has 8 nitrogen and oxygen atoms in total. The monoisotopic (exact) mass is 563 g/mol. The summed E-state index contributed by atoms with van der Waals surface area (Å²) in [6.07, 6.45) is 1.28. The van der Waals surface area contributed by atoms with Crippen molar-refractivity contribution in [1.29, 1.82) is 0 Å². The van der Waals surface area contributed by atoms with Crippen molar-refractivity contribution in [3.8, 4) is 17.0 Å². The van der Waals surface area contributed by atoms with Crippen LogP contribution in [-0.4, -0.2) is 96.5 Å². The zero-order valence-electron chi connectivity index (χ0n) is 22.6. The molecular weight excluding hydrogens is 533 g/mol. The normalized spacial score (nSPS) is 21.5. The summed E-state index contributed by atoms with van der Waals surface area (Å²) in [5.41, 5.74) is 0.804. The molecule has 0 bridgehead atoms. The van der Waals surface area contributed by atoms with Gasteiger partial charge in [-0.15, -0.1) is 0 Å². The number of hydrogen-bond acceptors (Lipinski definition) is 6. The van der Waals surface area contributed by atoms with E-state index in [2.05, 4.69) is 30.4 Å². The van der Waals surface area contributed by atoms with Crippen LogP contribution in [-0.2, 0) is 4.79 Å². The maximum Gasteiger partial charge on any atom is 0.261 e. The Morgan fingerprint density at radius 3 is 2.65 bits per heavy atom. The van der Waals surface area contributed by atoms with Crippen molar-refractivity contribution >= 4 is 40.0 Å². The number of pyridine rings is 1. The third kappa shape index (κ3) is 4.37. The zero-order chi connectivity index (χ0) is 28.1. The first-order valence-corrected chi connectivity index (χ1v) is 13.9. The number of piperazine rings is 2. The average Bonchev–Trinajstić information content (AvgIpc) is 3.10. The minimum atomic E-state index is -0.457. The third-order valence-corrected chi connectivity index (χ3v) is 8.51. The van der Waals surface area contributed by atoms with Gasteiger partial charge in [-0.3, -0.25) is 9.59 Å². The number of ether oxygens (including phenoxy) is 1. The Labute approximate surface area is 237 Å². The van der Waals surface area contributed by atoms with Crippen molar-refractivity contribution in [3.05, 3.63) is 65.5 Å². The Balaban J connectivity index is 1.55. The Kier molecular flexibility index (Phi) is 6.88. The summed E-state index contributed by atoms with van der Waals surface area (Å²) in [6.45, 7) is 9.06. The summed E-state index contributed by atoms with van der Waals surface area (Å²) >= 11 is 7.01. The summed E-state index contributed by atoms with van der Waals surface area (Å²) in [5.74, 6) is -0.238. The van der Waals surface area contributed by atoms with E-state index in [9.17, 15) is 9.59 Å². The molecule has 3 aromatic rings. The molecule has 0 radical (unpaired) electrons. The van der Waals surface area contributed by atoms with E-state index < -0.39 is 5.82 Å². The Morgan fingerprint density at radius 1 is 1.10 bits per heavy atom. The van der Waals surface area contributed by atoms with E-state index in [1.54, 1.807) is 15.9 Å². The van der Waals surface area contributed by atoms with Gasteiger partial charge >= 0.3 is 0 Å². The second-order valence-corrected chi connectivity index (χ2v) is 11.1. The quantitative estimate of drug-likeness (QED) is 0.448. The van der Waals surface area contributed by atoms with Crippen molar-refractivity contribution < 1.29 is 18.7 Å². The van der Waals surface area contributed by atoms with Crippen molar-refractivity contribution in [2.24, 2.45) is 0 Å². The molecule has 1 aromatic heterocycles. The molecule has 0 spiro atoms. The van der Waals surface area contributed by atoms with E-state index in [1.165, 1.54) is 12.1 Å². The van der Waals surface area contributed by atoms with E-state index in [0.717, 1.165) is 18.5 Å². The Hall–Kier alpha value is -3.69. The Bertz CT molecular complexity index is 1530. The van der Waals surface area contributed by atoms with Gasteiger partial charge in [0.15, 0.2) is 5.75 Å². The lowest BCUT2D eigenvalue weighted by Crippen LogP contribution is -2.57. The lowest BCUT2D eigenvalue weighted by molar-refractivity contribution is -0.128. The predicted octanol–water partition coefficient (Wildman–Crippen LogP) is 4.07. The SMILES string of the molecule is C=CC(=O)N1CCN2C(=O)c3c(N4CCN(C)C[C@@H]4C)nc(-c4c(F)ccc5ccccc45)c(Cl)c3OC[C@H]2C1. The molecule has 2 amide bonds. The maximum atomic E-state index is 15.6. The summed E-state index contributed by atoms with van der Waals surface area (Å²) in [7, 11) is 2.06. The van der Waals surface area contributed by atoms with Gasteiger partial charge in [0.2, 0.25) is 5.91 Å². The van der Waals surface area contributed by atoms with Gasteiger partial charge in [-0.2, -0.15) is 0 Å². The zero-order valence-corrected chi connectivity index (χ0v) is 23.3. The fourth-order valence-electron chi connectivity index (χ4n) is 6.09. The molecule has 40 heavy (non-hydrogen) atoms. The highest BCUT2D eigenvalue weighted by atomic mass is 35.5. The van der Waals surface area contributed by atoms with Gasteiger partial charge in [0.1, 0.15) is 28.8 Å². The summed E-state index contributed by atoms with van der Waals surface area (Å²) in [5, 5.41) is 1.62. The average molecular weight is 564 g/mol.